The Balaban J connectivity index is 2.14. The summed E-state index contributed by atoms with van der Waals surface area (Å²) in [4.78, 5) is 0. The lowest BCUT2D eigenvalue weighted by Gasteiger charge is -2.42. The molecule has 0 aromatic rings. The van der Waals surface area contributed by atoms with E-state index in [2.05, 4.69) is 47.1 Å². The summed E-state index contributed by atoms with van der Waals surface area (Å²) in [5.41, 5.74) is 3.65. The van der Waals surface area contributed by atoms with Gasteiger partial charge < -0.3 is 0 Å². The van der Waals surface area contributed by atoms with Gasteiger partial charge in [-0.05, 0) is 26.7 Å². The maximum atomic E-state index is 3.48. The molecule has 11 heavy (non-hydrogen) atoms. The average Bonchev–Trinajstić information content (AvgIpc) is 1.75. The molecule has 2 nitrogen and oxygen atoms in total. The first-order valence-electron chi connectivity index (χ1n) is 4.10. The van der Waals surface area contributed by atoms with Crippen molar-refractivity contribution >= 4 is 15.9 Å². The monoisotopic (exact) mass is 220 g/mol. The SMILES string of the molecule is CC(C)(C)NN1CC(CBr)C1. The topological polar surface area (TPSA) is 15.3 Å². The first-order valence-corrected chi connectivity index (χ1v) is 5.22. The summed E-state index contributed by atoms with van der Waals surface area (Å²) in [7, 11) is 0. The van der Waals surface area contributed by atoms with Gasteiger partial charge in [-0.2, -0.15) is 0 Å². The summed E-state index contributed by atoms with van der Waals surface area (Å²) in [5.74, 6) is 0.852. The van der Waals surface area contributed by atoms with Gasteiger partial charge >= 0.3 is 0 Å². The molecule has 66 valence electrons. The average molecular weight is 221 g/mol. The van der Waals surface area contributed by atoms with Gasteiger partial charge in [0.05, 0.1) is 0 Å². The zero-order valence-electron chi connectivity index (χ0n) is 7.52. The molecule has 1 fully saturated rings. The van der Waals surface area contributed by atoms with Crippen molar-refractivity contribution in [3.8, 4) is 0 Å². The maximum absolute atomic E-state index is 3.48. The molecule has 0 saturated carbocycles. The van der Waals surface area contributed by atoms with E-state index in [0.29, 0.717) is 0 Å². The minimum atomic E-state index is 0.220. The van der Waals surface area contributed by atoms with Crippen LogP contribution in [0.25, 0.3) is 0 Å². The molecule has 0 amide bonds. The highest BCUT2D eigenvalue weighted by Gasteiger charge is 2.27. The van der Waals surface area contributed by atoms with Gasteiger partial charge in [0.15, 0.2) is 0 Å². The molecule has 0 atom stereocenters. The smallest absolute Gasteiger partial charge is 0.0241 e. The number of halogens is 1. The molecule has 0 radical (unpaired) electrons. The van der Waals surface area contributed by atoms with Crippen LogP contribution in [-0.2, 0) is 0 Å². The van der Waals surface area contributed by atoms with Gasteiger partial charge in [-0.15, -0.1) is 0 Å². The fourth-order valence-corrected chi connectivity index (χ4v) is 1.64. The van der Waals surface area contributed by atoms with E-state index in [1.807, 2.05) is 0 Å². The molecule has 1 aliphatic rings. The van der Waals surface area contributed by atoms with E-state index in [4.69, 9.17) is 0 Å². The zero-order chi connectivity index (χ0) is 8.48. The van der Waals surface area contributed by atoms with E-state index in [9.17, 15) is 0 Å². The van der Waals surface area contributed by atoms with E-state index in [1.165, 1.54) is 13.1 Å². The van der Waals surface area contributed by atoms with Crippen molar-refractivity contribution in [2.24, 2.45) is 5.92 Å². The Kier molecular flexibility index (Phi) is 2.95. The molecule has 1 aliphatic heterocycles. The molecule has 0 aromatic carbocycles. The number of hydrogen-bond acceptors (Lipinski definition) is 2. The Morgan fingerprint density at radius 2 is 2.00 bits per heavy atom. The van der Waals surface area contributed by atoms with Gasteiger partial charge in [0.1, 0.15) is 0 Å². The van der Waals surface area contributed by atoms with Gasteiger partial charge in [0.2, 0.25) is 0 Å². The Morgan fingerprint density at radius 3 is 2.36 bits per heavy atom. The van der Waals surface area contributed by atoms with E-state index < -0.39 is 0 Å². The third kappa shape index (κ3) is 3.09. The molecule has 1 N–H and O–H groups in total. The van der Waals surface area contributed by atoms with Crippen molar-refractivity contribution in [2.75, 3.05) is 18.4 Å². The molecule has 0 unspecified atom stereocenters. The molecule has 0 aliphatic carbocycles. The second kappa shape index (κ2) is 3.42. The largest absolute Gasteiger partial charge is 0.250 e. The number of rotatable bonds is 2. The van der Waals surface area contributed by atoms with Crippen molar-refractivity contribution in [3.05, 3.63) is 0 Å². The van der Waals surface area contributed by atoms with Crippen LogP contribution in [0.2, 0.25) is 0 Å². The molecule has 1 rings (SSSR count). The van der Waals surface area contributed by atoms with Gasteiger partial charge in [-0.25, -0.2) is 10.4 Å². The Morgan fingerprint density at radius 1 is 1.45 bits per heavy atom. The molecular weight excluding hydrogens is 204 g/mol. The Labute approximate surface area is 77.4 Å². The van der Waals surface area contributed by atoms with E-state index in [-0.39, 0.29) is 5.54 Å². The Hall–Kier alpha value is 0.400. The number of hydrazine groups is 1. The van der Waals surface area contributed by atoms with Gasteiger partial charge in [-0.1, -0.05) is 15.9 Å². The zero-order valence-corrected chi connectivity index (χ0v) is 9.11. The van der Waals surface area contributed by atoms with E-state index in [0.717, 1.165) is 11.2 Å². The van der Waals surface area contributed by atoms with Crippen LogP contribution < -0.4 is 5.43 Å². The van der Waals surface area contributed by atoms with Crippen molar-refractivity contribution in [1.82, 2.24) is 10.4 Å². The molecule has 3 heteroatoms. The van der Waals surface area contributed by atoms with Gasteiger partial charge in [0, 0.05) is 24.0 Å². The number of hydrogen-bond donors (Lipinski definition) is 1. The van der Waals surface area contributed by atoms with Crippen LogP contribution in [0.1, 0.15) is 20.8 Å². The number of nitrogens with zero attached hydrogens (tertiary/aromatic N) is 1. The summed E-state index contributed by atoms with van der Waals surface area (Å²) in [5, 5.41) is 3.42. The molecule has 1 saturated heterocycles. The van der Waals surface area contributed by atoms with Gasteiger partial charge in [-0.3, -0.25) is 0 Å². The van der Waals surface area contributed by atoms with Crippen LogP contribution in [0.5, 0.6) is 0 Å². The fraction of sp³-hybridized carbons (Fsp3) is 1.00. The highest BCUT2D eigenvalue weighted by atomic mass is 79.9. The molecular formula is C8H17BrN2. The summed E-state index contributed by atoms with van der Waals surface area (Å²) >= 11 is 3.48. The van der Waals surface area contributed by atoms with Crippen LogP contribution in [0.3, 0.4) is 0 Å². The van der Waals surface area contributed by atoms with Crippen molar-refractivity contribution < 1.29 is 0 Å². The van der Waals surface area contributed by atoms with E-state index in [1.54, 1.807) is 0 Å². The minimum absolute atomic E-state index is 0.220. The first kappa shape index (κ1) is 9.49. The lowest BCUT2D eigenvalue weighted by molar-refractivity contribution is 0.0224. The molecule has 0 bridgehead atoms. The lowest BCUT2D eigenvalue weighted by atomic mass is 10.0. The summed E-state index contributed by atoms with van der Waals surface area (Å²) < 4.78 is 0. The number of nitrogens with one attached hydrogen (secondary N) is 1. The second-order valence-corrected chi connectivity index (χ2v) is 4.93. The summed E-state index contributed by atoms with van der Waals surface area (Å²) in [6.45, 7) is 8.93. The number of alkyl halides is 1. The van der Waals surface area contributed by atoms with Crippen LogP contribution in [-0.4, -0.2) is 29.0 Å². The third-order valence-corrected chi connectivity index (χ3v) is 2.58. The van der Waals surface area contributed by atoms with Crippen LogP contribution in [0.4, 0.5) is 0 Å². The highest BCUT2D eigenvalue weighted by Crippen LogP contribution is 2.16. The first-order chi connectivity index (χ1) is 5.01. The van der Waals surface area contributed by atoms with Gasteiger partial charge in [0.25, 0.3) is 0 Å². The summed E-state index contributed by atoms with van der Waals surface area (Å²) in [6, 6.07) is 0. The second-order valence-electron chi connectivity index (χ2n) is 4.29. The minimum Gasteiger partial charge on any atom is -0.250 e. The fourth-order valence-electron chi connectivity index (χ4n) is 1.23. The molecule has 1 heterocycles. The highest BCUT2D eigenvalue weighted by molar-refractivity contribution is 9.09. The van der Waals surface area contributed by atoms with Crippen LogP contribution in [0, 0.1) is 5.92 Å². The quantitative estimate of drug-likeness (QED) is 0.713. The van der Waals surface area contributed by atoms with Crippen LogP contribution >= 0.6 is 15.9 Å². The Bertz CT molecular complexity index is 125. The van der Waals surface area contributed by atoms with Crippen LogP contribution in [0.15, 0.2) is 0 Å². The van der Waals surface area contributed by atoms with Crippen molar-refractivity contribution in [2.45, 2.75) is 26.3 Å². The normalized spacial score (nSPS) is 21.8. The molecule has 0 spiro atoms. The third-order valence-electron chi connectivity index (χ3n) is 1.67. The maximum Gasteiger partial charge on any atom is 0.0241 e. The predicted octanol–water partition coefficient (Wildman–Crippen LogP) is 1.62. The lowest BCUT2D eigenvalue weighted by Crippen LogP contribution is -2.59. The summed E-state index contributed by atoms with van der Waals surface area (Å²) in [6.07, 6.45) is 0. The molecule has 0 aromatic heterocycles. The van der Waals surface area contributed by atoms with E-state index >= 15 is 0 Å². The standard InChI is InChI=1S/C8H17BrN2/c1-8(2,3)10-11-5-7(4-9)6-11/h7,10H,4-6H2,1-3H3. The van der Waals surface area contributed by atoms with Crippen molar-refractivity contribution in [3.63, 3.8) is 0 Å². The van der Waals surface area contributed by atoms with Crippen molar-refractivity contribution in [1.29, 1.82) is 0 Å². The predicted molar refractivity (Wildman–Crippen MR) is 51.7 cm³/mol.